The van der Waals surface area contributed by atoms with Crippen LogP contribution in [0, 0.1) is 5.92 Å². The minimum atomic E-state index is -0.398. The molecule has 4 nitrogen and oxygen atoms in total. The largest absolute Gasteiger partial charge is 0.462 e. The van der Waals surface area contributed by atoms with Crippen LogP contribution < -0.4 is 5.32 Å². The summed E-state index contributed by atoms with van der Waals surface area (Å²) < 4.78 is 5.62. The van der Waals surface area contributed by atoms with E-state index in [4.69, 9.17) is 4.74 Å². The van der Waals surface area contributed by atoms with Gasteiger partial charge in [0.1, 0.15) is 0 Å². The zero-order valence-corrected chi connectivity index (χ0v) is 17.2. The van der Waals surface area contributed by atoms with Gasteiger partial charge >= 0.3 is 5.97 Å². The highest BCUT2D eigenvalue weighted by Crippen LogP contribution is 2.44. The number of allylic oxidation sites excluding steroid dienone is 3. The summed E-state index contributed by atoms with van der Waals surface area (Å²) in [7, 11) is 0. The molecule has 1 atom stereocenters. The average Bonchev–Trinajstić information content (AvgIpc) is 2.71. The maximum Gasteiger partial charge on any atom is 0.336 e. The number of carbonyl (C=O) groups is 2. The molecule has 29 heavy (non-hydrogen) atoms. The molecule has 1 heterocycles. The van der Waals surface area contributed by atoms with Gasteiger partial charge in [0.2, 0.25) is 0 Å². The van der Waals surface area contributed by atoms with Crippen molar-refractivity contribution in [1.29, 1.82) is 0 Å². The molecule has 0 amide bonds. The molecule has 2 aliphatic rings. The van der Waals surface area contributed by atoms with E-state index in [0.717, 1.165) is 46.1 Å². The molecular formula is C25H27NO3. The van der Waals surface area contributed by atoms with Crippen molar-refractivity contribution >= 4 is 22.5 Å². The molecule has 4 heteroatoms. The molecule has 1 aliphatic carbocycles. The van der Waals surface area contributed by atoms with Crippen LogP contribution in [-0.2, 0) is 14.3 Å². The zero-order chi connectivity index (χ0) is 20.5. The number of ketones is 1. The van der Waals surface area contributed by atoms with Gasteiger partial charge < -0.3 is 10.1 Å². The minimum absolute atomic E-state index is 0.123. The first-order valence-corrected chi connectivity index (χ1v) is 10.4. The van der Waals surface area contributed by atoms with Crippen LogP contribution in [0.4, 0.5) is 0 Å². The van der Waals surface area contributed by atoms with Gasteiger partial charge in [-0.2, -0.15) is 0 Å². The number of Topliss-reactive ketones (excluding diaryl/α,β-unsaturated/α-hetero) is 1. The van der Waals surface area contributed by atoms with Crippen LogP contribution in [0.1, 0.15) is 51.5 Å². The van der Waals surface area contributed by atoms with Crippen molar-refractivity contribution in [2.24, 2.45) is 5.92 Å². The molecule has 0 fully saturated rings. The Morgan fingerprint density at radius 1 is 1.14 bits per heavy atom. The Balaban J connectivity index is 1.90. The maximum absolute atomic E-state index is 13.2. The van der Waals surface area contributed by atoms with E-state index in [1.807, 2.05) is 45.0 Å². The summed E-state index contributed by atoms with van der Waals surface area (Å²) in [5.74, 6) is -0.367. The first-order valence-electron chi connectivity index (χ1n) is 10.4. The number of hydrogen-bond acceptors (Lipinski definition) is 4. The summed E-state index contributed by atoms with van der Waals surface area (Å²) in [5.41, 5.74) is 4.01. The Hall–Kier alpha value is -2.88. The summed E-state index contributed by atoms with van der Waals surface area (Å²) in [6, 6.07) is 14.2. The number of rotatable bonds is 4. The van der Waals surface area contributed by atoms with Crippen molar-refractivity contribution in [3.63, 3.8) is 0 Å². The Kier molecular flexibility index (Phi) is 5.27. The molecule has 4 rings (SSSR count). The monoisotopic (exact) mass is 389 g/mol. The molecule has 0 saturated heterocycles. The van der Waals surface area contributed by atoms with Gasteiger partial charge in [-0.1, -0.05) is 56.3 Å². The Labute approximate surface area is 171 Å². The van der Waals surface area contributed by atoms with E-state index in [9.17, 15) is 9.59 Å². The quantitative estimate of drug-likeness (QED) is 0.747. The Morgan fingerprint density at radius 2 is 1.90 bits per heavy atom. The van der Waals surface area contributed by atoms with Crippen LogP contribution in [0.3, 0.4) is 0 Å². The van der Waals surface area contributed by atoms with Crippen LogP contribution in [0.2, 0.25) is 0 Å². The van der Waals surface area contributed by atoms with Gasteiger partial charge in [-0.05, 0) is 42.0 Å². The van der Waals surface area contributed by atoms with Crippen molar-refractivity contribution in [1.82, 2.24) is 5.32 Å². The van der Waals surface area contributed by atoms with Gasteiger partial charge in [0.05, 0.1) is 12.2 Å². The highest BCUT2D eigenvalue weighted by atomic mass is 16.5. The first kappa shape index (κ1) is 19.4. The van der Waals surface area contributed by atoms with E-state index >= 15 is 0 Å². The number of ether oxygens (including phenoxy) is 1. The Morgan fingerprint density at radius 3 is 2.69 bits per heavy atom. The first-order chi connectivity index (χ1) is 14.0. The van der Waals surface area contributed by atoms with Gasteiger partial charge in [0, 0.05) is 29.3 Å². The highest BCUT2D eigenvalue weighted by Gasteiger charge is 2.39. The molecule has 2 aromatic rings. The van der Waals surface area contributed by atoms with Crippen LogP contribution >= 0.6 is 0 Å². The van der Waals surface area contributed by atoms with Gasteiger partial charge in [0.15, 0.2) is 5.78 Å². The van der Waals surface area contributed by atoms with Crippen molar-refractivity contribution in [3.8, 4) is 0 Å². The fraction of sp³-hybridized carbons (Fsp3) is 0.360. The fourth-order valence-electron chi connectivity index (χ4n) is 4.39. The number of fused-ring (bicyclic) bond motifs is 1. The normalized spacial score (nSPS) is 19.4. The van der Waals surface area contributed by atoms with Crippen LogP contribution in [0.15, 0.2) is 65.0 Å². The lowest BCUT2D eigenvalue weighted by Gasteiger charge is -2.34. The number of hydrogen-bond donors (Lipinski definition) is 1. The van der Waals surface area contributed by atoms with Gasteiger partial charge in [-0.15, -0.1) is 0 Å². The van der Waals surface area contributed by atoms with Gasteiger partial charge in [-0.3, -0.25) is 4.79 Å². The maximum atomic E-state index is 13.2. The molecule has 0 bridgehead atoms. The van der Waals surface area contributed by atoms with E-state index < -0.39 is 5.92 Å². The van der Waals surface area contributed by atoms with E-state index in [-0.39, 0.29) is 17.7 Å². The molecule has 0 radical (unpaired) electrons. The van der Waals surface area contributed by atoms with Crippen molar-refractivity contribution < 1.29 is 14.3 Å². The third kappa shape index (κ3) is 3.59. The number of carbonyl (C=O) groups excluding carboxylic acids is 2. The molecule has 1 N–H and O–H groups in total. The lowest BCUT2D eigenvalue weighted by Crippen LogP contribution is -2.34. The molecule has 2 aromatic carbocycles. The SMILES string of the molecule is CC1=C(C(=O)OCC(C)C)C(c2cccc3ccccc23)C2=C(CCCC2=O)N1. The molecule has 0 saturated carbocycles. The molecule has 1 aliphatic heterocycles. The predicted octanol–water partition coefficient (Wildman–Crippen LogP) is 5.01. The minimum Gasteiger partial charge on any atom is -0.462 e. The number of esters is 1. The summed E-state index contributed by atoms with van der Waals surface area (Å²) >= 11 is 0. The standard InChI is InChI=1S/C25H27NO3/c1-15(2)14-29-25(28)22-16(3)26-20-12-7-13-21(27)24(20)23(22)19-11-6-9-17-8-4-5-10-18(17)19/h4-6,8-11,15,23,26H,7,12-14H2,1-3H3. The number of benzene rings is 2. The van der Waals surface area contributed by atoms with Crippen molar-refractivity contribution in [2.75, 3.05) is 6.61 Å². The molecule has 0 aromatic heterocycles. The zero-order valence-electron chi connectivity index (χ0n) is 17.2. The summed E-state index contributed by atoms with van der Waals surface area (Å²) in [6.07, 6.45) is 2.19. The second kappa shape index (κ2) is 7.86. The summed E-state index contributed by atoms with van der Waals surface area (Å²) in [6.45, 7) is 6.30. The number of dihydropyridines is 1. The van der Waals surface area contributed by atoms with E-state index in [1.165, 1.54) is 0 Å². The molecule has 1 unspecified atom stereocenters. The van der Waals surface area contributed by atoms with E-state index in [0.29, 0.717) is 18.6 Å². The van der Waals surface area contributed by atoms with Crippen molar-refractivity contribution in [3.05, 3.63) is 70.6 Å². The Bertz CT molecular complexity index is 1040. The van der Waals surface area contributed by atoms with E-state index in [1.54, 1.807) is 0 Å². The van der Waals surface area contributed by atoms with Gasteiger partial charge in [0.25, 0.3) is 0 Å². The van der Waals surface area contributed by atoms with E-state index in [2.05, 4.69) is 23.5 Å². The smallest absolute Gasteiger partial charge is 0.336 e. The predicted molar refractivity (Wildman–Crippen MR) is 114 cm³/mol. The second-order valence-electron chi connectivity index (χ2n) is 8.33. The lowest BCUT2D eigenvalue weighted by molar-refractivity contribution is -0.140. The number of nitrogens with one attached hydrogen (secondary N) is 1. The summed E-state index contributed by atoms with van der Waals surface area (Å²) in [4.78, 5) is 26.2. The molecule has 150 valence electrons. The topological polar surface area (TPSA) is 55.4 Å². The fourth-order valence-corrected chi connectivity index (χ4v) is 4.39. The van der Waals surface area contributed by atoms with Gasteiger partial charge in [-0.25, -0.2) is 4.79 Å². The lowest BCUT2D eigenvalue weighted by atomic mass is 9.74. The second-order valence-corrected chi connectivity index (χ2v) is 8.33. The molecule has 0 spiro atoms. The van der Waals surface area contributed by atoms with Crippen LogP contribution in [-0.4, -0.2) is 18.4 Å². The summed E-state index contributed by atoms with van der Waals surface area (Å²) in [5, 5.41) is 5.52. The molecular weight excluding hydrogens is 362 g/mol. The van der Waals surface area contributed by atoms with Crippen LogP contribution in [0.5, 0.6) is 0 Å². The third-order valence-corrected chi connectivity index (χ3v) is 5.68. The highest BCUT2D eigenvalue weighted by molar-refractivity contribution is 6.05. The van der Waals surface area contributed by atoms with Crippen LogP contribution in [0.25, 0.3) is 10.8 Å². The average molecular weight is 389 g/mol. The van der Waals surface area contributed by atoms with Crippen molar-refractivity contribution in [2.45, 2.75) is 46.0 Å². The third-order valence-electron chi connectivity index (χ3n) is 5.68.